The molecule has 1 saturated heterocycles. The number of anilines is 2. The van der Waals surface area contributed by atoms with E-state index in [1.54, 1.807) is 42.1 Å². The number of aromatic nitrogens is 2. The van der Waals surface area contributed by atoms with Crippen LogP contribution in [0.4, 0.5) is 30.4 Å². The highest BCUT2D eigenvalue weighted by Gasteiger charge is 2.32. The number of carbonyl (C=O) groups excluding carboxylic acids is 1. The topological polar surface area (TPSA) is 160 Å². The van der Waals surface area contributed by atoms with Crippen molar-refractivity contribution in [2.24, 2.45) is 0 Å². The number of ether oxygens (including phenoxy) is 1. The van der Waals surface area contributed by atoms with Crippen molar-refractivity contribution in [3.8, 4) is 16.9 Å². The Morgan fingerprint density at radius 1 is 0.912 bits per heavy atom. The van der Waals surface area contributed by atoms with Crippen LogP contribution < -0.4 is 19.7 Å². The summed E-state index contributed by atoms with van der Waals surface area (Å²) in [6.45, 7) is 4.85. The SMILES string of the molecule is CCOc1cccc(-c2cc(CN3CCN(c4ccc(C(=O)NS(=O)(=O)c5ccc(NCCSc6ccccc6)c([N+](=O)[O-])c5)nn4)CC3)cc(C(F)(F)F)c2)c1. The minimum absolute atomic E-state index is 0.130. The maximum atomic E-state index is 13.9. The molecule has 0 aliphatic carbocycles. The van der Waals surface area contributed by atoms with E-state index in [1.165, 1.54) is 24.3 Å². The number of nitrogens with zero attached hydrogens (tertiary/aromatic N) is 5. The summed E-state index contributed by atoms with van der Waals surface area (Å²) in [6, 6.07) is 26.8. The third-order valence-corrected chi connectivity index (χ3v) is 11.3. The average Bonchev–Trinajstić information content (AvgIpc) is 3.20. The maximum absolute atomic E-state index is 13.9. The maximum Gasteiger partial charge on any atom is 0.416 e. The molecule has 4 aromatic carbocycles. The highest BCUT2D eigenvalue weighted by Crippen LogP contribution is 2.35. The molecule has 0 atom stereocenters. The zero-order chi connectivity index (χ0) is 40.6. The number of sulfonamides is 1. The van der Waals surface area contributed by atoms with Crippen LogP contribution in [0, 0.1) is 10.1 Å². The lowest BCUT2D eigenvalue weighted by atomic mass is 9.99. The highest BCUT2D eigenvalue weighted by atomic mass is 32.2. The van der Waals surface area contributed by atoms with E-state index in [9.17, 15) is 36.5 Å². The monoisotopic (exact) mass is 821 g/mol. The standard InChI is InChI=1S/C39H38F3N7O6S2/c1-2-55-31-8-6-7-28(24-31)29-21-27(22-30(23-29)39(40,41)42)26-47-16-18-48(19-17-47)37-14-13-35(44-45-37)38(50)46-57(53,54)33-11-12-34(36(25-33)49(51)52)43-15-20-56-32-9-4-3-5-10-32/h3-14,21-25,43H,2,15-20,26H2,1H3,(H,46,50). The second-order valence-corrected chi connectivity index (χ2v) is 15.7. The van der Waals surface area contributed by atoms with Gasteiger partial charge in [0.15, 0.2) is 11.5 Å². The summed E-state index contributed by atoms with van der Waals surface area (Å²) in [6.07, 6.45) is -4.53. The van der Waals surface area contributed by atoms with Gasteiger partial charge in [0.25, 0.3) is 21.6 Å². The first-order valence-corrected chi connectivity index (χ1v) is 20.3. The Bertz CT molecular complexity index is 2310. The van der Waals surface area contributed by atoms with Gasteiger partial charge in [0.2, 0.25) is 0 Å². The summed E-state index contributed by atoms with van der Waals surface area (Å²) in [4.78, 5) is 28.5. The van der Waals surface area contributed by atoms with Gasteiger partial charge < -0.3 is 15.0 Å². The zero-order valence-corrected chi connectivity index (χ0v) is 32.2. The molecule has 2 N–H and O–H groups in total. The number of nitro groups is 1. The molecule has 1 aliphatic heterocycles. The molecule has 1 amide bonds. The van der Waals surface area contributed by atoms with Crippen LogP contribution in [-0.2, 0) is 22.7 Å². The fraction of sp³-hybridized carbons (Fsp3) is 0.256. The lowest BCUT2D eigenvalue weighted by Crippen LogP contribution is -2.46. The zero-order valence-electron chi connectivity index (χ0n) is 30.6. The van der Waals surface area contributed by atoms with Crippen LogP contribution in [0.25, 0.3) is 11.1 Å². The second kappa shape index (κ2) is 18.0. The fourth-order valence-corrected chi connectivity index (χ4v) is 7.91. The van der Waals surface area contributed by atoms with Crippen LogP contribution in [0.2, 0.25) is 0 Å². The van der Waals surface area contributed by atoms with E-state index in [-0.39, 0.29) is 17.9 Å². The van der Waals surface area contributed by atoms with E-state index in [0.29, 0.717) is 73.3 Å². The summed E-state index contributed by atoms with van der Waals surface area (Å²) >= 11 is 1.55. The molecule has 0 radical (unpaired) electrons. The average molecular weight is 822 g/mol. The molecule has 0 bridgehead atoms. The first-order chi connectivity index (χ1) is 27.3. The number of rotatable bonds is 15. The van der Waals surface area contributed by atoms with Crippen molar-refractivity contribution >= 4 is 44.9 Å². The molecular formula is C39H38F3N7O6S2. The molecule has 0 saturated carbocycles. The summed E-state index contributed by atoms with van der Waals surface area (Å²) in [5.41, 5.74) is 0.187. The number of hydrogen-bond acceptors (Lipinski definition) is 12. The molecule has 6 rings (SSSR count). The second-order valence-electron chi connectivity index (χ2n) is 12.9. The molecule has 1 aliphatic rings. The number of nitro benzene ring substituents is 1. The van der Waals surface area contributed by atoms with Crippen molar-refractivity contribution in [1.82, 2.24) is 19.8 Å². The number of nitrogens with one attached hydrogen (secondary N) is 2. The molecule has 5 aromatic rings. The Kier molecular flexibility index (Phi) is 13.0. The number of thioether (sulfide) groups is 1. The van der Waals surface area contributed by atoms with Crippen molar-refractivity contribution < 1.29 is 36.0 Å². The Hall–Kier alpha value is -5.72. The molecule has 298 valence electrons. The van der Waals surface area contributed by atoms with Gasteiger partial charge in [-0.3, -0.25) is 19.8 Å². The lowest BCUT2D eigenvalue weighted by Gasteiger charge is -2.35. The van der Waals surface area contributed by atoms with Gasteiger partial charge in [0, 0.05) is 56.0 Å². The largest absolute Gasteiger partial charge is 0.494 e. The van der Waals surface area contributed by atoms with Gasteiger partial charge in [-0.1, -0.05) is 30.3 Å². The summed E-state index contributed by atoms with van der Waals surface area (Å²) in [5, 5.41) is 22.8. The molecule has 57 heavy (non-hydrogen) atoms. The molecule has 18 heteroatoms. The van der Waals surface area contributed by atoms with E-state index in [0.717, 1.165) is 23.1 Å². The Balaban J connectivity index is 1.04. The van der Waals surface area contributed by atoms with E-state index in [4.69, 9.17) is 4.74 Å². The third-order valence-electron chi connectivity index (χ3n) is 8.92. The van der Waals surface area contributed by atoms with Gasteiger partial charge in [-0.25, -0.2) is 13.1 Å². The number of amides is 1. The predicted octanol–water partition coefficient (Wildman–Crippen LogP) is 7.11. The molecule has 0 unspecified atom stereocenters. The minimum atomic E-state index is -4.53. The van der Waals surface area contributed by atoms with E-state index in [2.05, 4.69) is 15.5 Å². The molecule has 0 spiro atoms. The van der Waals surface area contributed by atoms with Crippen LogP contribution in [0.5, 0.6) is 5.75 Å². The Morgan fingerprint density at radius 3 is 2.37 bits per heavy atom. The van der Waals surface area contributed by atoms with Gasteiger partial charge in [-0.2, -0.15) is 13.2 Å². The van der Waals surface area contributed by atoms with Crippen LogP contribution in [-0.4, -0.2) is 79.4 Å². The van der Waals surface area contributed by atoms with Crippen molar-refractivity contribution in [2.75, 3.05) is 55.3 Å². The van der Waals surface area contributed by atoms with Crippen LogP contribution in [0.3, 0.4) is 0 Å². The number of carbonyl (C=O) groups is 1. The fourth-order valence-electron chi connectivity index (χ4n) is 6.14. The lowest BCUT2D eigenvalue weighted by molar-refractivity contribution is -0.384. The van der Waals surface area contributed by atoms with Gasteiger partial charge >= 0.3 is 6.18 Å². The van der Waals surface area contributed by atoms with E-state index < -0.39 is 43.2 Å². The molecule has 1 fully saturated rings. The first kappa shape index (κ1) is 40.9. The van der Waals surface area contributed by atoms with E-state index in [1.807, 2.05) is 51.8 Å². The molecule has 1 aromatic heterocycles. The highest BCUT2D eigenvalue weighted by molar-refractivity contribution is 7.99. The van der Waals surface area contributed by atoms with Crippen LogP contribution >= 0.6 is 11.8 Å². The number of hydrogen-bond donors (Lipinski definition) is 2. The van der Waals surface area contributed by atoms with Crippen molar-refractivity contribution in [3.63, 3.8) is 0 Å². The molecule has 13 nitrogen and oxygen atoms in total. The Morgan fingerprint density at radius 2 is 1.68 bits per heavy atom. The normalized spacial score (nSPS) is 13.6. The number of piperazine rings is 1. The van der Waals surface area contributed by atoms with Gasteiger partial charge in [-0.05, 0) is 90.3 Å². The number of benzene rings is 4. The summed E-state index contributed by atoms with van der Waals surface area (Å²) in [5.74, 6) is 0.515. The Labute approximate surface area is 331 Å². The van der Waals surface area contributed by atoms with Crippen molar-refractivity contribution in [1.29, 1.82) is 0 Å². The van der Waals surface area contributed by atoms with Crippen LogP contribution in [0.1, 0.15) is 28.5 Å². The van der Waals surface area contributed by atoms with Gasteiger partial charge in [-0.15, -0.1) is 22.0 Å². The van der Waals surface area contributed by atoms with Crippen molar-refractivity contribution in [2.45, 2.75) is 29.4 Å². The predicted molar refractivity (Wildman–Crippen MR) is 211 cm³/mol. The van der Waals surface area contributed by atoms with Gasteiger partial charge in [0.1, 0.15) is 11.4 Å². The third kappa shape index (κ3) is 10.8. The molecular weight excluding hydrogens is 784 g/mol. The minimum Gasteiger partial charge on any atom is -0.494 e. The first-order valence-electron chi connectivity index (χ1n) is 17.8. The molecule has 2 heterocycles. The van der Waals surface area contributed by atoms with E-state index >= 15 is 0 Å². The number of alkyl halides is 3. The summed E-state index contributed by atoms with van der Waals surface area (Å²) < 4.78 is 75.4. The number of halogens is 3. The quantitative estimate of drug-likeness (QED) is 0.0478. The van der Waals surface area contributed by atoms with Crippen molar-refractivity contribution in [3.05, 3.63) is 130 Å². The van der Waals surface area contributed by atoms with Gasteiger partial charge in [0.05, 0.1) is 22.0 Å². The van der Waals surface area contributed by atoms with Crippen LogP contribution in [0.15, 0.2) is 113 Å². The summed E-state index contributed by atoms with van der Waals surface area (Å²) in [7, 11) is -4.53. The smallest absolute Gasteiger partial charge is 0.416 e.